The van der Waals surface area contributed by atoms with Crippen molar-refractivity contribution in [2.75, 3.05) is 6.54 Å². The Hall–Kier alpha value is -2.63. The number of halogens is 2. The lowest BCUT2D eigenvalue weighted by molar-refractivity contribution is -0.150. The largest absolute Gasteiger partial charge is 0.339 e. The summed E-state index contributed by atoms with van der Waals surface area (Å²) in [6.07, 6.45) is 6.81. The predicted molar refractivity (Wildman–Crippen MR) is 142 cm³/mol. The molecule has 0 N–H and O–H groups in total. The number of carbonyl (C=O) groups excluding carboxylic acids is 1. The van der Waals surface area contributed by atoms with Crippen LogP contribution in [-0.2, 0) is 11.2 Å². The number of benzene rings is 2. The fourth-order valence-electron chi connectivity index (χ4n) is 5.49. The van der Waals surface area contributed by atoms with Gasteiger partial charge in [-0.15, -0.1) is 6.58 Å². The zero-order valence-corrected chi connectivity index (χ0v) is 22.0. The van der Waals surface area contributed by atoms with Crippen LogP contribution in [0, 0.1) is 5.41 Å². The van der Waals surface area contributed by atoms with E-state index in [1.54, 1.807) is 0 Å². The number of aryl methyl sites for hydroxylation is 1. The molecule has 5 rings (SSSR count). The van der Waals surface area contributed by atoms with Crippen molar-refractivity contribution in [1.82, 2.24) is 15.0 Å². The molecule has 3 aromatic rings. The van der Waals surface area contributed by atoms with Gasteiger partial charge < -0.3 is 9.42 Å². The maximum Gasteiger partial charge on any atom is 0.229 e. The number of piperidine rings is 1. The van der Waals surface area contributed by atoms with Gasteiger partial charge in [0.15, 0.2) is 5.82 Å². The zero-order valence-electron chi connectivity index (χ0n) is 20.5. The fourth-order valence-corrected chi connectivity index (χ4v) is 5.82. The Balaban J connectivity index is 1.48. The lowest BCUT2D eigenvalue weighted by atomic mass is 9.67. The summed E-state index contributed by atoms with van der Waals surface area (Å²) in [7, 11) is 0. The molecule has 0 bridgehead atoms. The van der Waals surface area contributed by atoms with Crippen molar-refractivity contribution in [3.63, 3.8) is 0 Å². The summed E-state index contributed by atoms with van der Waals surface area (Å²) >= 11 is 12.6. The normalized spacial score (nSPS) is 24.2. The number of likely N-dealkylation sites (tertiary alicyclic amines) is 1. The number of hydrogen-bond acceptors (Lipinski definition) is 4. The van der Waals surface area contributed by atoms with E-state index in [2.05, 4.69) is 29.7 Å². The molecule has 1 aliphatic carbocycles. The van der Waals surface area contributed by atoms with Crippen LogP contribution < -0.4 is 0 Å². The fraction of sp³-hybridized carbons (Fsp3) is 0.414. The van der Waals surface area contributed by atoms with Gasteiger partial charge in [0.2, 0.25) is 11.8 Å². The van der Waals surface area contributed by atoms with Crippen molar-refractivity contribution in [3.05, 3.63) is 94.1 Å². The summed E-state index contributed by atoms with van der Waals surface area (Å²) in [5.74, 6) is 2.13. The molecule has 1 aliphatic heterocycles. The van der Waals surface area contributed by atoms with Gasteiger partial charge in [-0.2, -0.15) is 4.98 Å². The van der Waals surface area contributed by atoms with Crippen LogP contribution >= 0.6 is 23.2 Å². The molecule has 7 heteroatoms. The minimum Gasteiger partial charge on any atom is -0.339 e. The Morgan fingerprint density at radius 2 is 1.92 bits per heavy atom. The first-order valence-electron chi connectivity index (χ1n) is 12.6. The summed E-state index contributed by atoms with van der Waals surface area (Å²) in [4.78, 5) is 20.7. The molecule has 188 valence electrons. The molecular formula is C29H31Cl2N3O2. The second kappa shape index (κ2) is 10.4. The molecule has 2 fully saturated rings. The van der Waals surface area contributed by atoms with E-state index in [4.69, 9.17) is 27.7 Å². The van der Waals surface area contributed by atoms with Crippen LogP contribution in [0.3, 0.4) is 0 Å². The quantitative estimate of drug-likeness (QED) is 0.272. The summed E-state index contributed by atoms with van der Waals surface area (Å²) in [6.45, 7) is 6.58. The standard InChI is InChI=1S/C29H31Cl2N3O2/c1-3-15-29(2)18-24(21-6-4-7-23(31)17-21)26(19-11-13-22(30)14-12-19)34(28(29)35)16-5-8-25-32-27(33-36-25)20-9-10-20/h3-4,6-7,11-14,17,20,24,26H,1,5,8-10,15-16,18H2,2H3/t24-,26-,29+/m1/s1. The van der Waals surface area contributed by atoms with Crippen molar-refractivity contribution in [3.8, 4) is 0 Å². The van der Waals surface area contributed by atoms with Crippen LogP contribution in [0.2, 0.25) is 10.0 Å². The van der Waals surface area contributed by atoms with Crippen molar-refractivity contribution in [2.24, 2.45) is 5.41 Å². The first kappa shape index (κ1) is 25.0. The molecule has 0 spiro atoms. The number of allylic oxidation sites excluding steroid dienone is 1. The van der Waals surface area contributed by atoms with Gasteiger partial charge >= 0.3 is 0 Å². The maximum atomic E-state index is 14.1. The molecule has 1 aromatic heterocycles. The molecule has 1 amide bonds. The second-order valence-electron chi connectivity index (χ2n) is 10.3. The van der Waals surface area contributed by atoms with Gasteiger partial charge in [-0.3, -0.25) is 4.79 Å². The molecule has 1 saturated heterocycles. The van der Waals surface area contributed by atoms with Crippen LogP contribution in [0.1, 0.15) is 79.7 Å². The van der Waals surface area contributed by atoms with E-state index in [0.717, 1.165) is 36.2 Å². The maximum absolute atomic E-state index is 14.1. The van der Waals surface area contributed by atoms with Gasteiger partial charge in [-0.1, -0.05) is 65.6 Å². The number of amides is 1. The van der Waals surface area contributed by atoms with E-state index < -0.39 is 5.41 Å². The number of hydrogen-bond donors (Lipinski definition) is 0. The van der Waals surface area contributed by atoms with Crippen molar-refractivity contribution >= 4 is 29.1 Å². The van der Waals surface area contributed by atoms with Gasteiger partial charge in [0.25, 0.3) is 0 Å². The number of carbonyl (C=O) groups is 1. The molecule has 5 nitrogen and oxygen atoms in total. The molecule has 3 atom stereocenters. The van der Waals surface area contributed by atoms with Gasteiger partial charge in [0.1, 0.15) is 0 Å². The first-order valence-corrected chi connectivity index (χ1v) is 13.4. The Bertz CT molecular complexity index is 1240. The second-order valence-corrected chi connectivity index (χ2v) is 11.2. The van der Waals surface area contributed by atoms with E-state index >= 15 is 0 Å². The molecule has 36 heavy (non-hydrogen) atoms. The van der Waals surface area contributed by atoms with Crippen molar-refractivity contribution in [2.45, 2.75) is 63.3 Å². The van der Waals surface area contributed by atoms with Gasteiger partial charge in [-0.05, 0) is 67.5 Å². The topological polar surface area (TPSA) is 59.2 Å². The minimum atomic E-state index is -0.554. The highest BCUT2D eigenvalue weighted by atomic mass is 35.5. The lowest BCUT2D eigenvalue weighted by Crippen LogP contribution is -2.52. The number of nitrogens with zero attached hydrogens (tertiary/aromatic N) is 3. The van der Waals surface area contributed by atoms with Crippen molar-refractivity contribution in [1.29, 1.82) is 0 Å². The third-order valence-electron chi connectivity index (χ3n) is 7.46. The van der Waals surface area contributed by atoms with Crippen LogP contribution in [0.25, 0.3) is 0 Å². The monoisotopic (exact) mass is 523 g/mol. The van der Waals surface area contributed by atoms with Crippen LogP contribution in [0.4, 0.5) is 0 Å². The highest BCUT2D eigenvalue weighted by Crippen LogP contribution is 2.51. The number of rotatable bonds is 9. The molecule has 2 aromatic carbocycles. The molecule has 0 radical (unpaired) electrons. The summed E-state index contributed by atoms with van der Waals surface area (Å²) in [5.41, 5.74) is 1.63. The van der Waals surface area contributed by atoms with E-state index in [9.17, 15) is 4.79 Å². The molecular weight excluding hydrogens is 493 g/mol. The van der Waals surface area contributed by atoms with Gasteiger partial charge in [-0.25, -0.2) is 0 Å². The molecule has 0 unspecified atom stereocenters. The summed E-state index contributed by atoms with van der Waals surface area (Å²) in [5, 5.41) is 5.50. The van der Waals surface area contributed by atoms with Crippen molar-refractivity contribution < 1.29 is 9.32 Å². The van der Waals surface area contributed by atoms with Gasteiger partial charge in [0.05, 0.1) is 11.5 Å². The molecule has 2 aliphatic rings. The predicted octanol–water partition coefficient (Wildman–Crippen LogP) is 7.53. The average molecular weight is 524 g/mol. The average Bonchev–Trinajstić information content (AvgIpc) is 3.61. The van der Waals surface area contributed by atoms with E-state index in [1.165, 1.54) is 0 Å². The van der Waals surface area contributed by atoms with E-state index in [0.29, 0.717) is 47.7 Å². The highest BCUT2D eigenvalue weighted by Gasteiger charge is 2.48. The Kier molecular flexibility index (Phi) is 7.23. The third kappa shape index (κ3) is 5.23. The van der Waals surface area contributed by atoms with E-state index in [1.807, 2.05) is 53.4 Å². The summed E-state index contributed by atoms with van der Waals surface area (Å²) < 4.78 is 5.48. The van der Waals surface area contributed by atoms with Gasteiger partial charge in [0, 0.05) is 34.8 Å². The third-order valence-corrected chi connectivity index (χ3v) is 7.95. The first-order chi connectivity index (χ1) is 17.4. The zero-order chi connectivity index (χ0) is 25.3. The SMILES string of the molecule is C=CC[C@@]1(C)C[C@H](c2cccc(Cl)c2)[C@@H](c2ccc(Cl)cc2)N(CCCc2nc(C3CC3)no2)C1=O. The Morgan fingerprint density at radius 1 is 1.14 bits per heavy atom. The molecule has 2 heterocycles. The van der Waals surface area contributed by atoms with Crippen LogP contribution in [0.15, 0.2) is 65.7 Å². The molecule has 1 saturated carbocycles. The lowest BCUT2D eigenvalue weighted by Gasteiger charge is -2.49. The van der Waals surface area contributed by atoms with E-state index in [-0.39, 0.29) is 17.9 Å². The minimum absolute atomic E-state index is 0.0670. The highest BCUT2D eigenvalue weighted by molar-refractivity contribution is 6.30. The summed E-state index contributed by atoms with van der Waals surface area (Å²) in [6, 6.07) is 15.7. The number of aromatic nitrogens is 2. The van der Waals surface area contributed by atoms with Crippen LogP contribution in [-0.4, -0.2) is 27.5 Å². The Labute approximate surface area is 222 Å². The van der Waals surface area contributed by atoms with Crippen LogP contribution in [0.5, 0.6) is 0 Å². The smallest absolute Gasteiger partial charge is 0.229 e. The Morgan fingerprint density at radius 3 is 2.61 bits per heavy atom.